The van der Waals surface area contributed by atoms with Crippen LogP contribution in [0.15, 0.2) is 0 Å². The first-order chi connectivity index (χ1) is 8.13. The van der Waals surface area contributed by atoms with Gasteiger partial charge in [-0.25, -0.2) is 8.78 Å². The van der Waals surface area contributed by atoms with E-state index in [2.05, 4.69) is 5.32 Å². The lowest BCUT2D eigenvalue weighted by Crippen LogP contribution is -2.39. The molecular weight excluding hydrogens is 230 g/mol. The monoisotopic (exact) mass is 250 g/mol. The molecule has 1 rings (SSSR count). The van der Waals surface area contributed by atoms with E-state index in [-0.39, 0.29) is 25.0 Å². The molecule has 0 aromatic heterocycles. The van der Waals surface area contributed by atoms with Crippen molar-refractivity contribution in [2.45, 2.75) is 25.7 Å². The number of hydrogen-bond donors (Lipinski definition) is 2. The summed E-state index contributed by atoms with van der Waals surface area (Å²) < 4.78 is 24.5. The van der Waals surface area contributed by atoms with Crippen molar-refractivity contribution in [3.63, 3.8) is 0 Å². The number of nitrogens with zero attached hydrogens (tertiary/aromatic N) is 1. The van der Waals surface area contributed by atoms with E-state index >= 15 is 0 Å². The highest BCUT2D eigenvalue weighted by atomic mass is 19.3. The summed E-state index contributed by atoms with van der Waals surface area (Å²) in [6.45, 7) is 0.906. The zero-order chi connectivity index (χ0) is 12.7. The van der Waals surface area contributed by atoms with Gasteiger partial charge in [-0.2, -0.15) is 0 Å². The number of hydrogen-bond acceptors (Lipinski definition) is 3. The van der Waals surface area contributed by atoms with Gasteiger partial charge >= 0.3 is 0 Å². The molecule has 0 aromatic carbocycles. The molecular formula is C11H20F2N2O2. The maximum absolute atomic E-state index is 12.3. The van der Waals surface area contributed by atoms with Crippen molar-refractivity contribution in [3.05, 3.63) is 0 Å². The Balaban J connectivity index is 2.39. The Hall–Kier alpha value is -0.750. The maximum Gasteiger partial charge on any atom is 0.255 e. The standard InChI is InChI=1S/C11H20F2N2O2/c12-10(13)8-15(5-6-16)11(17)7-9-1-3-14-4-2-9/h9-10,14,16H,1-8H2. The molecule has 17 heavy (non-hydrogen) atoms. The van der Waals surface area contributed by atoms with Crippen LogP contribution in [0.1, 0.15) is 19.3 Å². The Bertz CT molecular complexity index is 234. The van der Waals surface area contributed by atoms with Crippen molar-refractivity contribution in [1.82, 2.24) is 10.2 Å². The predicted octanol–water partition coefficient (Wildman–Crippen LogP) is 0.462. The summed E-state index contributed by atoms with van der Waals surface area (Å²) in [6, 6.07) is 0. The van der Waals surface area contributed by atoms with Crippen molar-refractivity contribution in [3.8, 4) is 0 Å². The minimum atomic E-state index is -2.54. The third-order valence-corrected chi connectivity index (χ3v) is 3.00. The van der Waals surface area contributed by atoms with Gasteiger partial charge in [0.2, 0.25) is 5.91 Å². The molecule has 0 unspecified atom stereocenters. The predicted molar refractivity (Wildman–Crippen MR) is 59.9 cm³/mol. The van der Waals surface area contributed by atoms with Crippen LogP contribution >= 0.6 is 0 Å². The number of carbonyl (C=O) groups excluding carboxylic acids is 1. The van der Waals surface area contributed by atoms with Gasteiger partial charge in [-0.15, -0.1) is 0 Å². The normalized spacial score (nSPS) is 17.4. The molecule has 0 aromatic rings. The van der Waals surface area contributed by atoms with Crippen LogP contribution in [0.4, 0.5) is 8.78 Å². The van der Waals surface area contributed by atoms with Gasteiger partial charge in [0, 0.05) is 13.0 Å². The molecule has 0 atom stereocenters. The van der Waals surface area contributed by atoms with Crippen LogP contribution in [0.25, 0.3) is 0 Å². The van der Waals surface area contributed by atoms with Gasteiger partial charge in [0.25, 0.3) is 6.43 Å². The Labute approximate surface area is 100.0 Å². The van der Waals surface area contributed by atoms with Gasteiger partial charge in [-0.1, -0.05) is 0 Å². The minimum absolute atomic E-state index is 0.00581. The fourth-order valence-corrected chi connectivity index (χ4v) is 2.07. The Morgan fingerprint density at radius 3 is 2.59 bits per heavy atom. The number of piperidine rings is 1. The van der Waals surface area contributed by atoms with E-state index in [9.17, 15) is 13.6 Å². The van der Waals surface area contributed by atoms with Crippen molar-refractivity contribution >= 4 is 5.91 Å². The van der Waals surface area contributed by atoms with Crippen LogP contribution in [-0.4, -0.2) is 55.1 Å². The lowest BCUT2D eigenvalue weighted by Gasteiger charge is -2.26. The first-order valence-corrected chi connectivity index (χ1v) is 6.01. The number of aliphatic hydroxyl groups excluding tert-OH is 1. The van der Waals surface area contributed by atoms with Crippen LogP contribution in [0, 0.1) is 5.92 Å². The third-order valence-electron chi connectivity index (χ3n) is 3.00. The van der Waals surface area contributed by atoms with E-state index in [0.29, 0.717) is 6.42 Å². The van der Waals surface area contributed by atoms with Crippen LogP contribution in [0.3, 0.4) is 0 Å². The molecule has 1 fully saturated rings. The molecule has 1 aliphatic heterocycles. The number of nitrogens with one attached hydrogen (secondary N) is 1. The van der Waals surface area contributed by atoms with E-state index in [1.807, 2.05) is 0 Å². The van der Waals surface area contributed by atoms with E-state index in [1.165, 1.54) is 0 Å². The van der Waals surface area contributed by atoms with Gasteiger partial charge in [0.1, 0.15) is 0 Å². The van der Waals surface area contributed by atoms with Crippen LogP contribution in [-0.2, 0) is 4.79 Å². The minimum Gasteiger partial charge on any atom is -0.395 e. The van der Waals surface area contributed by atoms with Crippen LogP contribution in [0.2, 0.25) is 0 Å². The molecule has 0 spiro atoms. The van der Waals surface area contributed by atoms with E-state index in [4.69, 9.17) is 5.11 Å². The number of carbonyl (C=O) groups is 1. The zero-order valence-electron chi connectivity index (χ0n) is 9.87. The summed E-state index contributed by atoms with van der Waals surface area (Å²) in [7, 11) is 0. The molecule has 1 amide bonds. The SMILES string of the molecule is O=C(CC1CCNCC1)N(CCO)CC(F)F. The summed E-state index contributed by atoms with van der Waals surface area (Å²) >= 11 is 0. The molecule has 0 saturated carbocycles. The average molecular weight is 250 g/mol. The quantitative estimate of drug-likeness (QED) is 0.720. The van der Waals surface area contributed by atoms with E-state index in [0.717, 1.165) is 30.8 Å². The van der Waals surface area contributed by atoms with Gasteiger partial charge in [-0.3, -0.25) is 4.79 Å². The first-order valence-electron chi connectivity index (χ1n) is 6.01. The molecule has 4 nitrogen and oxygen atoms in total. The third kappa shape index (κ3) is 5.41. The molecule has 1 saturated heterocycles. The fourth-order valence-electron chi connectivity index (χ4n) is 2.07. The molecule has 1 aliphatic rings. The van der Waals surface area contributed by atoms with Gasteiger partial charge in [0.15, 0.2) is 0 Å². The Morgan fingerprint density at radius 1 is 1.41 bits per heavy atom. The number of amides is 1. The summed E-state index contributed by atoms with van der Waals surface area (Å²) in [5.41, 5.74) is 0. The highest BCUT2D eigenvalue weighted by Gasteiger charge is 2.22. The molecule has 0 bridgehead atoms. The second kappa shape index (κ2) is 7.55. The van der Waals surface area contributed by atoms with Crippen LogP contribution < -0.4 is 5.32 Å². The smallest absolute Gasteiger partial charge is 0.255 e. The molecule has 6 heteroatoms. The van der Waals surface area contributed by atoms with Crippen molar-refractivity contribution in [1.29, 1.82) is 0 Å². The maximum atomic E-state index is 12.3. The van der Waals surface area contributed by atoms with Crippen molar-refractivity contribution in [2.75, 3.05) is 32.8 Å². The highest BCUT2D eigenvalue weighted by molar-refractivity contribution is 5.76. The topological polar surface area (TPSA) is 52.6 Å². The summed E-state index contributed by atoms with van der Waals surface area (Å²) in [6.07, 6.45) is -0.409. The van der Waals surface area contributed by atoms with Crippen LogP contribution in [0.5, 0.6) is 0 Å². The van der Waals surface area contributed by atoms with Crippen molar-refractivity contribution < 1.29 is 18.7 Å². The highest BCUT2D eigenvalue weighted by Crippen LogP contribution is 2.17. The lowest BCUT2D eigenvalue weighted by molar-refractivity contribution is -0.134. The first kappa shape index (κ1) is 14.3. The van der Waals surface area contributed by atoms with Gasteiger partial charge < -0.3 is 15.3 Å². The largest absolute Gasteiger partial charge is 0.395 e. The van der Waals surface area contributed by atoms with Gasteiger partial charge in [-0.05, 0) is 31.8 Å². The second-order valence-electron chi connectivity index (χ2n) is 4.35. The number of rotatable bonds is 6. The second-order valence-corrected chi connectivity index (χ2v) is 4.35. The summed E-state index contributed by atoms with van der Waals surface area (Å²) in [4.78, 5) is 12.9. The number of aliphatic hydroxyl groups is 1. The number of halogens is 2. The lowest BCUT2D eigenvalue weighted by atomic mass is 9.94. The van der Waals surface area contributed by atoms with Gasteiger partial charge in [0.05, 0.1) is 13.2 Å². The fraction of sp³-hybridized carbons (Fsp3) is 0.909. The number of alkyl halides is 2. The molecule has 1 heterocycles. The summed E-state index contributed by atoms with van der Waals surface area (Å²) in [5.74, 6) is 0.00821. The average Bonchev–Trinajstić information content (AvgIpc) is 2.29. The van der Waals surface area contributed by atoms with E-state index in [1.54, 1.807) is 0 Å². The van der Waals surface area contributed by atoms with Crippen molar-refractivity contribution in [2.24, 2.45) is 5.92 Å². The van der Waals surface area contributed by atoms with E-state index < -0.39 is 13.0 Å². The molecule has 0 radical (unpaired) electrons. The molecule has 2 N–H and O–H groups in total. The molecule has 0 aliphatic carbocycles. The molecule has 100 valence electrons. The Kier molecular flexibility index (Phi) is 6.36. The summed E-state index contributed by atoms with van der Waals surface area (Å²) in [5, 5.41) is 11.9. The zero-order valence-corrected chi connectivity index (χ0v) is 9.87. The Morgan fingerprint density at radius 2 is 2.06 bits per heavy atom.